The third-order valence-corrected chi connectivity index (χ3v) is 5.01. The maximum atomic E-state index is 5.93. The Hall–Kier alpha value is -3.19. The molecule has 0 amide bonds. The van der Waals surface area contributed by atoms with Gasteiger partial charge in [0.05, 0.1) is 25.0 Å². The molecule has 3 heterocycles. The molecular weight excluding hydrogens is 390 g/mol. The summed E-state index contributed by atoms with van der Waals surface area (Å²) in [5, 5.41) is 3.43. The van der Waals surface area contributed by atoms with Crippen LogP contribution in [0.3, 0.4) is 0 Å². The van der Waals surface area contributed by atoms with E-state index in [4.69, 9.17) is 9.47 Å². The lowest BCUT2D eigenvalue weighted by Crippen LogP contribution is -2.36. The molecule has 1 aliphatic heterocycles. The van der Waals surface area contributed by atoms with Crippen molar-refractivity contribution in [3.05, 3.63) is 60.0 Å². The van der Waals surface area contributed by atoms with Gasteiger partial charge in [-0.25, -0.2) is 15.0 Å². The summed E-state index contributed by atoms with van der Waals surface area (Å²) >= 11 is 0. The number of ether oxygens (including phenoxy) is 2. The Morgan fingerprint density at radius 3 is 2.71 bits per heavy atom. The number of morpholine rings is 1. The third-order valence-electron chi connectivity index (χ3n) is 5.01. The number of para-hydroxylation sites is 1. The van der Waals surface area contributed by atoms with Crippen LogP contribution in [0.4, 0.5) is 11.6 Å². The van der Waals surface area contributed by atoms with E-state index in [1.807, 2.05) is 57.3 Å². The smallest absolute Gasteiger partial charge is 0.130 e. The van der Waals surface area contributed by atoms with Crippen molar-refractivity contribution < 1.29 is 9.47 Å². The first-order chi connectivity index (χ1) is 15.1. The first kappa shape index (κ1) is 21.1. The summed E-state index contributed by atoms with van der Waals surface area (Å²) in [6.45, 7) is 9.76. The maximum Gasteiger partial charge on any atom is 0.130 e. The van der Waals surface area contributed by atoms with E-state index in [1.54, 1.807) is 0 Å². The standard InChI is InChI=1S/C24H29N5O2/c1-17(2)31-22-7-5-4-6-20(22)16-26-23-15-21(27-18(3)28-23)19-8-9-25-24(14-19)29-10-12-30-13-11-29/h4-9,14-15,17H,10-13,16H2,1-3H3,(H,26,27,28). The number of nitrogens with one attached hydrogen (secondary N) is 1. The number of hydrogen-bond acceptors (Lipinski definition) is 7. The fraction of sp³-hybridized carbons (Fsp3) is 0.375. The lowest BCUT2D eigenvalue weighted by molar-refractivity contribution is 0.122. The lowest BCUT2D eigenvalue weighted by Gasteiger charge is -2.28. The normalized spacial score (nSPS) is 14.0. The van der Waals surface area contributed by atoms with Crippen molar-refractivity contribution in [3.63, 3.8) is 0 Å². The molecular formula is C24H29N5O2. The van der Waals surface area contributed by atoms with Gasteiger partial charge in [0.25, 0.3) is 0 Å². The van der Waals surface area contributed by atoms with Gasteiger partial charge in [-0.15, -0.1) is 0 Å². The van der Waals surface area contributed by atoms with Gasteiger partial charge < -0.3 is 19.7 Å². The van der Waals surface area contributed by atoms with Crippen LogP contribution in [0, 0.1) is 6.92 Å². The summed E-state index contributed by atoms with van der Waals surface area (Å²) in [6, 6.07) is 14.1. The molecule has 0 spiro atoms. The number of hydrogen-bond donors (Lipinski definition) is 1. The van der Waals surface area contributed by atoms with Gasteiger partial charge in [0.1, 0.15) is 23.2 Å². The molecule has 1 aliphatic rings. The van der Waals surface area contributed by atoms with Crippen LogP contribution < -0.4 is 15.0 Å². The van der Waals surface area contributed by atoms with Gasteiger partial charge in [0.2, 0.25) is 0 Å². The zero-order chi connectivity index (χ0) is 21.6. The first-order valence-electron chi connectivity index (χ1n) is 10.7. The molecule has 0 aliphatic carbocycles. The zero-order valence-corrected chi connectivity index (χ0v) is 18.3. The Bertz CT molecular complexity index is 1020. The number of aromatic nitrogens is 3. The molecule has 0 unspecified atom stereocenters. The molecule has 162 valence electrons. The van der Waals surface area contributed by atoms with E-state index in [2.05, 4.69) is 37.3 Å². The molecule has 3 aromatic rings. The topological polar surface area (TPSA) is 72.4 Å². The second kappa shape index (κ2) is 9.75. The minimum atomic E-state index is 0.126. The predicted octanol–water partition coefficient (Wildman–Crippen LogP) is 4.08. The molecule has 7 heteroatoms. The quantitative estimate of drug-likeness (QED) is 0.618. The van der Waals surface area contributed by atoms with Crippen molar-refractivity contribution in [3.8, 4) is 17.0 Å². The third kappa shape index (κ3) is 5.49. The van der Waals surface area contributed by atoms with Crippen LogP contribution in [0.25, 0.3) is 11.3 Å². The number of pyridine rings is 1. The van der Waals surface area contributed by atoms with E-state index >= 15 is 0 Å². The lowest BCUT2D eigenvalue weighted by atomic mass is 10.1. The Morgan fingerprint density at radius 2 is 1.90 bits per heavy atom. The molecule has 0 radical (unpaired) electrons. The van der Waals surface area contributed by atoms with Gasteiger partial charge in [-0.3, -0.25) is 0 Å². The van der Waals surface area contributed by atoms with E-state index < -0.39 is 0 Å². The molecule has 1 N–H and O–H groups in total. The summed E-state index contributed by atoms with van der Waals surface area (Å²) in [5.41, 5.74) is 2.99. The van der Waals surface area contributed by atoms with Crippen LogP contribution in [0.15, 0.2) is 48.7 Å². The van der Waals surface area contributed by atoms with Crippen molar-refractivity contribution in [1.82, 2.24) is 15.0 Å². The van der Waals surface area contributed by atoms with Gasteiger partial charge in [-0.1, -0.05) is 18.2 Å². The SMILES string of the molecule is Cc1nc(NCc2ccccc2OC(C)C)cc(-c2ccnc(N3CCOCC3)c2)n1. The molecule has 1 fully saturated rings. The van der Waals surface area contributed by atoms with Crippen molar-refractivity contribution in [1.29, 1.82) is 0 Å². The summed E-state index contributed by atoms with van der Waals surface area (Å²) in [5.74, 6) is 3.34. The average molecular weight is 420 g/mol. The molecule has 1 saturated heterocycles. The Kier molecular flexibility index (Phi) is 6.62. The maximum absolute atomic E-state index is 5.93. The van der Waals surface area contributed by atoms with Crippen LogP contribution in [-0.2, 0) is 11.3 Å². The summed E-state index contributed by atoms with van der Waals surface area (Å²) < 4.78 is 11.4. The fourth-order valence-corrected chi connectivity index (χ4v) is 3.55. The molecule has 31 heavy (non-hydrogen) atoms. The monoisotopic (exact) mass is 419 g/mol. The molecule has 2 aromatic heterocycles. The molecule has 7 nitrogen and oxygen atoms in total. The number of rotatable bonds is 7. The predicted molar refractivity (Wildman–Crippen MR) is 123 cm³/mol. The van der Waals surface area contributed by atoms with Crippen molar-refractivity contribution in [2.45, 2.75) is 33.4 Å². The highest BCUT2D eigenvalue weighted by molar-refractivity contribution is 5.66. The van der Waals surface area contributed by atoms with Crippen molar-refractivity contribution in [2.75, 3.05) is 36.5 Å². The van der Waals surface area contributed by atoms with Crippen LogP contribution in [0.1, 0.15) is 25.2 Å². The van der Waals surface area contributed by atoms with E-state index in [0.717, 1.165) is 66.3 Å². The van der Waals surface area contributed by atoms with E-state index in [0.29, 0.717) is 6.54 Å². The summed E-state index contributed by atoms with van der Waals surface area (Å²) in [6.07, 6.45) is 1.96. The van der Waals surface area contributed by atoms with Gasteiger partial charge in [0.15, 0.2) is 0 Å². The second-order valence-corrected chi connectivity index (χ2v) is 7.82. The van der Waals surface area contributed by atoms with Gasteiger partial charge in [-0.05, 0) is 39.0 Å². The van der Waals surface area contributed by atoms with Gasteiger partial charge in [-0.2, -0.15) is 0 Å². The number of benzene rings is 1. The highest BCUT2D eigenvalue weighted by atomic mass is 16.5. The number of aryl methyl sites for hydroxylation is 1. The molecule has 1 aromatic carbocycles. The largest absolute Gasteiger partial charge is 0.491 e. The van der Waals surface area contributed by atoms with E-state index in [1.165, 1.54) is 0 Å². The minimum absolute atomic E-state index is 0.126. The Morgan fingerprint density at radius 1 is 1.10 bits per heavy atom. The van der Waals surface area contributed by atoms with Crippen LogP contribution in [0.2, 0.25) is 0 Å². The Balaban J connectivity index is 1.53. The first-order valence-corrected chi connectivity index (χ1v) is 10.7. The van der Waals surface area contributed by atoms with Gasteiger partial charge >= 0.3 is 0 Å². The highest BCUT2D eigenvalue weighted by Crippen LogP contribution is 2.25. The molecule has 0 atom stereocenters. The van der Waals surface area contributed by atoms with E-state index in [9.17, 15) is 0 Å². The number of anilines is 2. The number of nitrogens with zero attached hydrogens (tertiary/aromatic N) is 4. The van der Waals surface area contributed by atoms with Crippen LogP contribution >= 0.6 is 0 Å². The average Bonchev–Trinajstić information content (AvgIpc) is 2.78. The fourth-order valence-electron chi connectivity index (χ4n) is 3.55. The highest BCUT2D eigenvalue weighted by Gasteiger charge is 2.14. The Labute approximate surface area is 183 Å². The van der Waals surface area contributed by atoms with Gasteiger partial charge in [0, 0.05) is 43.0 Å². The van der Waals surface area contributed by atoms with Crippen molar-refractivity contribution in [2.24, 2.45) is 0 Å². The summed E-state index contributed by atoms with van der Waals surface area (Å²) in [4.78, 5) is 16.0. The minimum Gasteiger partial charge on any atom is -0.491 e. The molecule has 4 rings (SSSR count). The van der Waals surface area contributed by atoms with Crippen LogP contribution in [-0.4, -0.2) is 47.4 Å². The van der Waals surface area contributed by atoms with Crippen molar-refractivity contribution >= 4 is 11.6 Å². The summed E-state index contributed by atoms with van der Waals surface area (Å²) in [7, 11) is 0. The zero-order valence-electron chi connectivity index (χ0n) is 18.3. The van der Waals surface area contributed by atoms with Crippen LogP contribution in [0.5, 0.6) is 5.75 Å². The van der Waals surface area contributed by atoms with E-state index in [-0.39, 0.29) is 6.10 Å². The second-order valence-electron chi connectivity index (χ2n) is 7.82. The molecule has 0 bridgehead atoms. The molecule has 0 saturated carbocycles.